The van der Waals surface area contributed by atoms with Crippen molar-refractivity contribution in [2.24, 2.45) is 0 Å². The molecule has 0 amide bonds. The lowest BCUT2D eigenvalue weighted by Crippen LogP contribution is -2.27. The van der Waals surface area contributed by atoms with Crippen LogP contribution in [0.3, 0.4) is 0 Å². The summed E-state index contributed by atoms with van der Waals surface area (Å²) in [4.78, 5) is 7.12. The van der Waals surface area contributed by atoms with Crippen molar-refractivity contribution in [3.8, 4) is 0 Å². The number of hydrogen-bond acceptors (Lipinski definition) is 4. The summed E-state index contributed by atoms with van der Waals surface area (Å²) in [5.74, 6) is 0.548. The van der Waals surface area contributed by atoms with E-state index in [1.807, 2.05) is 0 Å². The Bertz CT molecular complexity index is 332. The Labute approximate surface area is 122 Å². The maximum Gasteiger partial charge on any atom is 0.0941 e. The minimum Gasteiger partial charge on any atom is -0.316 e. The fourth-order valence-corrected chi connectivity index (χ4v) is 2.95. The molecule has 0 saturated heterocycles. The van der Waals surface area contributed by atoms with E-state index in [2.05, 4.69) is 48.3 Å². The molecule has 0 saturated carbocycles. The van der Waals surface area contributed by atoms with Gasteiger partial charge in [-0.3, -0.25) is 0 Å². The molecule has 0 atom stereocenters. The number of hydrogen-bond donors (Lipinski definition) is 1. The first-order chi connectivity index (χ1) is 9.17. The third-order valence-electron chi connectivity index (χ3n) is 3.40. The predicted molar refractivity (Wildman–Crippen MR) is 85.2 cm³/mol. The van der Waals surface area contributed by atoms with Gasteiger partial charge in [0.2, 0.25) is 0 Å². The summed E-state index contributed by atoms with van der Waals surface area (Å²) in [6.07, 6.45) is 2.29. The van der Waals surface area contributed by atoms with Gasteiger partial charge in [-0.15, -0.1) is 11.3 Å². The average Bonchev–Trinajstić information content (AvgIpc) is 2.87. The lowest BCUT2D eigenvalue weighted by Gasteiger charge is -2.17. The molecule has 0 aliphatic rings. The molecule has 1 aromatic heterocycles. The van der Waals surface area contributed by atoms with Crippen molar-refractivity contribution >= 4 is 11.3 Å². The molecule has 0 fully saturated rings. The van der Waals surface area contributed by atoms with Crippen molar-refractivity contribution in [3.63, 3.8) is 0 Å². The summed E-state index contributed by atoms with van der Waals surface area (Å²) in [5, 5.41) is 6.97. The molecule has 19 heavy (non-hydrogen) atoms. The molecule has 110 valence electrons. The fraction of sp³-hybridized carbons (Fsp3) is 0.800. The molecule has 1 aromatic rings. The van der Waals surface area contributed by atoms with E-state index in [0.29, 0.717) is 5.92 Å². The van der Waals surface area contributed by atoms with E-state index in [0.717, 1.165) is 32.6 Å². The van der Waals surface area contributed by atoms with Crippen molar-refractivity contribution in [3.05, 3.63) is 16.1 Å². The van der Waals surface area contributed by atoms with Crippen LogP contribution in [0.4, 0.5) is 0 Å². The van der Waals surface area contributed by atoms with Gasteiger partial charge in [0.1, 0.15) is 0 Å². The molecule has 0 spiro atoms. The molecule has 0 bridgehead atoms. The zero-order valence-electron chi connectivity index (χ0n) is 12.9. The van der Waals surface area contributed by atoms with Gasteiger partial charge in [0, 0.05) is 18.3 Å². The number of nitrogens with one attached hydrogen (secondary N) is 1. The number of rotatable bonds is 10. The summed E-state index contributed by atoms with van der Waals surface area (Å²) in [5.41, 5.74) is 1.24. The highest BCUT2D eigenvalue weighted by Gasteiger charge is 2.05. The van der Waals surface area contributed by atoms with Crippen LogP contribution in [0, 0.1) is 0 Å². The minimum absolute atomic E-state index is 0.548. The van der Waals surface area contributed by atoms with E-state index in [1.165, 1.54) is 23.7 Å². The summed E-state index contributed by atoms with van der Waals surface area (Å²) in [6, 6.07) is 0. The van der Waals surface area contributed by atoms with E-state index in [4.69, 9.17) is 0 Å². The summed E-state index contributed by atoms with van der Waals surface area (Å²) in [6.45, 7) is 14.5. The Morgan fingerprint density at radius 2 is 2.00 bits per heavy atom. The monoisotopic (exact) mass is 283 g/mol. The lowest BCUT2D eigenvalue weighted by atomic mass is 10.2. The highest BCUT2D eigenvalue weighted by Crippen LogP contribution is 2.17. The molecule has 0 aromatic carbocycles. The van der Waals surface area contributed by atoms with E-state index >= 15 is 0 Å². The first-order valence-electron chi connectivity index (χ1n) is 7.54. The quantitative estimate of drug-likeness (QED) is 0.669. The second-order valence-corrected chi connectivity index (χ2v) is 6.14. The number of aromatic nitrogens is 1. The van der Waals surface area contributed by atoms with E-state index in [-0.39, 0.29) is 0 Å². The van der Waals surface area contributed by atoms with Crippen LogP contribution in [-0.4, -0.2) is 42.6 Å². The maximum atomic E-state index is 4.65. The second kappa shape index (κ2) is 9.45. The molecule has 1 heterocycles. The zero-order valence-corrected chi connectivity index (χ0v) is 13.7. The van der Waals surface area contributed by atoms with Gasteiger partial charge < -0.3 is 10.2 Å². The summed E-state index contributed by atoms with van der Waals surface area (Å²) < 4.78 is 0. The molecule has 0 aliphatic heterocycles. The predicted octanol–water partition coefficient (Wildman–Crippen LogP) is 3.13. The van der Waals surface area contributed by atoms with Crippen LogP contribution in [0.25, 0.3) is 0 Å². The third-order valence-corrected chi connectivity index (χ3v) is 4.33. The molecule has 3 nitrogen and oxygen atoms in total. The molecular formula is C15H29N3S. The molecule has 1 N–H and O–H groups in total. The van der Waals surface area contributed by atoms with Crippen molar-refractivity contribution in [1.82, 2.24) is 15.2 Å². The van der Waals surface area contributed by atoms with Crippen LogP contribution in [0.15, 0.2) is 5.38 Å². The van der Waals surface area contributed by atoms with Crippen molar-refractivity contribution in [1.29, 1.82) is 0 Å². The van der Waals surface area contributed by atoms with Crippen LogP contribution in [0.5, 0.6) is 0 Å². The topological polar surface area (TPSA) is 28.2 Å². The second-order valence-electron chi connectivity index (χ2n) is 5.20. The van der Waals surface area contributed by atoms with Crippen molar-refractivity contribution in [2.75, 3.05) is 32.7 Å². The van der Waals surface area contributed by atoms with Crippen molar-refractivity contribution < 1.29 is 0 Å². The number of nitrogens with zero attached hydrogens (tertiary/aromatic N) is 2. The molecule has 0 unspecified atom stereocenters. The fourth-order valence-electron chi connectivity index (χ4n) is 1.99. The van der Waals surface area contributed by atoms with E-state index in [9.17, 15) is 0 Å². The average molecular weight is 283 g/mol. The smallest absolute Gasteiger partial charge is 0.0941 e. The van der Waals surface area contributed by atoms with Gasteiger partial charge in [0.05, 0.1) is 10.7 Å². The first-order valence-corrected chi connectivity index (χ1v) is 8.42. The molecule has 0 radical (unpaired) electrons. The van der Waals surface area contributed by atoms with Crippen LogP contribution in [0.1, 0.15) is 50.7 Å². The van der Waals surface area contributed by atoms with E-state index in [1.54, 1.807) is 11.3 Å². The van der Waals surface area contributed by atoms with E-state index < -0.39 is 0 Å². The Morgan fingerprint density at radius 3 is 2.58 bits per heavy atom. The Balaban J connectivity index is 2.07. The maximum absolute atomic E-state index is 4.65. The highest BCUT2D eigenvalue weighted by atomic mass is 32.1. The molecule has 1 rings (SSSR count). The lowest BCUT2D eigenvalue weighted by molar-refractivity contribution is 0.298. The minimum atomic E-state index is 0.548. The Morgan fingerprint density at radius 1 is 1.26 bits per heavy atom. The van der Waals surface area contributed by atoms with Gasteiger partial charge in [0.25, 0.3) is 0 Å². The van der Waals surface area contributed by atoms with Gasteiger partial charge in [0.15, 0.2) is 0 Å². The molecule has 4 heteroatoms. The van der Waals surface area contributed by atoms with Crippen LogP contribution in [-0.2, 0) is 6.42 Å². The Hall–Kier alpha value is -0.450. The van der Waals surface area contributed by atoms with Crippen LogP contribution >= 0.6 is 11.3 Å². The highest BCUT2D eigenvalue weighted by molar-refractivity contribution is 7.09. The summed E-state index contributed by atoms with van der Waals surface area (Å²) >= 11 is 1.79. The van der Waals surface area contributed by atoms with Crippen LogP contribution in [0.2, 0.25) is 0 Å². The van der Waals surface area contributed by atoms with Gasteiger partial charge in [-0.1, -0.05) is 27.7 Å². The van der Waals surface area contributed by atoms with Gasteiger partial charge >= 0.3 is 0 Å². The zero-order chi connectivity index (χ0) is 14.1. The van der Waals surface area contributed by atoms with Gasteiger partial charge in [-0.25, -0.2) is 4.98 Å². The van der Waals surface area contributed by atoms with Crippen molar-refractivity contribution in [2.45, 2.75) is 46.5 Å². The van der Waals surface area contributed by atoms with Gasteiger partial charge in [-0.2, -0.15) is 0 Å². The first kappa shape index (κ1) is 16.6. The Kier molecular flexibility index (Phi) is 8.26. The largest absolute Gasteiger partial charge is 0.316 e. The molecule has 0 aliphatic carbocycles. The van der Waals surface area contributed by atoms with Gasteiger partial charge in [-0.05, 0) is 38.5 Å². The molecular weight excluding hydrogens is 254 g/mol. The number of thiazole rings is 1. The van der Waals surface area contributed by atoms with Crippen LogP contribution < -0.4 is 5.32 Å². The standard InChI is InChI=1S/C15H29N3S/c1-5-18(6-2)11-7-9-16-10-8-15-17-14(12-19-15)13(3)4/h12-13,16H,5-11H2,1-4H3. The summed E-state index contributed by atoms with van der Waals surface area (Å²) in [7, 11) is 0. The SMILES string of the molecule is CCN(CC)CCCNCCc1nc(C(C)C)cs1. The normalized spacial score (nSPS) is 11.7. The third kappa shape index (κ3) is 6.50.